The molecule has 0 amide bonds. The molecule has 5 heteroatoms. The van der Waals surface area contributed by atoms with Gasteiger partial charge in [-0.1, -0.05) is 36.4 Å². The van der Waals surface area contributed by atoms with Crippen molar-refractivity contribution in [1.82, 2.24) is 0 Å². The second-order valence-corrected chi connectivity index (χ2v) is 5.93. The van der Waals surface area contributed by atoms with Gasteiger partial charge in [-0.15, -0.1) is 0 Å². The van der Waals surface area contributed by atoms with Crippen molar-refractivity contribution in [2.75, 3.05) is 0 Å². The van der Waals surface area contributed by atoms with Crippen LogP contribution in [-0.4, -0.2) is 18.6 Å². The number of fused-ring (bicyclic) bond motifs is 2. The Balaban J connectivity index is 1.71. The second-order valence-electron chi connectivity index (χ2n) is 5.93. The van der Waals surface area contributed by atoms with Crippen LogP contribution in [0.4, 0.5) is 0 Å². The Morgan fingerprint density at radius 1 is 0.720 bits per heavy atom. The summed E-state index contributed by atoms with van der Waals surface area (Å²) >= 11 is 0. The van der Waals surface area contributed by atoms with Gasteiger partial charge in [0.25, 0.3) is 0 Å². The molecule has 0 aliphatic heterocycles. The highest BCUT2D eigenvalue weighted by Gasteiger charge is 2.26. The highest BCUT2D eigenvalue weighted by atomic mass is 16.3. The smallest absolute Gasteiger partial charge is 0.304 e. The fourth-order valence-electron chi connectivity index (χ4n) is 3.21. The van der Waals surface area contributed by atoms with E-state index < -0.39 is 0 Å². The summed E-state index contributed by atoms with van der Waals surface area (Å²) in [5, 5.41) is 1.42. The molecule has 0 spiro atoms. The normalized spacial score (nSPS) is 11.1. The molecule has 2 aromatic carbocycles. The second kappa shape index (κ2) is 5.78. The number of benzene rings is 2. The zero-order valence-electron chi connectivity index (χ0n) is 13.8. The fraction of sp³-hybridized carbons (Fsp3) is 0.100. The predicted molar refractivity (Wildman–Crippen MR) is 96.3 cm³/mol. The van der Waals surface area contributed by atoms with Crippen LogP contribution in [0.5, 0.6) is 0 Å². The largest absolute Gasteiger partial charge is 0.461 e. The van der Waals surface area contributed by atoms with Crippen LogP contribution in [0.3, 0.4) is 0 Å². The molecule has 4 aromatic rings. The van der Waals surface area contributed by atoms with Crippen LogP contribution in [0.1, 0.15) is 32.2 Å². The molecule has 0 bridgehead atoms. The van der Waals surface area contributed by atoms with Gasteiger partial charge in [0, 0.05) is 10.8 Å². The Labute approximate surface area is 144 Å². The van der Waals surface area contributed by atoms with Gasteiger partial charge < -0.3 is 18.4 Å². The minimum absolute atomic E-state index is 0.364. The van der Waals surface area contributed by atoms with Gasteiger partial charge >= 0.3 is 7.28 Å². The molecule has 25 heavy (non-hydrogen) atoms. The van der Waals surface area contributed by atoms with Crippen molar-refractivity contribution in [3.05, 3.63) is 71.2 Å². The van der Waals surface area contributed by atoms with E-state index in [4.69, 9.17) is 8.83 Å². The van der Waals surface area contributed by atoms with Gasteiger partial charge in [-0.05, 0) is 26.0 Å². The maximum Gasteiger partial charge on any atom is 0.304 e. The minimum atomic E-state index is -0.364. The summed E-state index contributed by atoms with van der Waals surface area (Å²) < 4.78 is 11.2. The van der Waals surface area contributed by atoms with E-state index in [2.05, 4.69) is 0 Å². The number of carbonyl (C=O) groups is 2. The average molecular weight is 329 g/mol. The topological polar surface area (TPSA) is 60.4 Å². The third kappa shape index (κ3) is 2.48. The zero-order valence-corrected chi connectivity index (χ0v) is 13.8. The predicted octanol–water partition coefficient (Wildman–Crippen LogP) is 4.48. The van der Waals surface area contributed by atoms with Crippen molar-refractivity contribution >= 4 is 40.6 Å². The van der Waals surface area contributed by atoms with Crippen molar-refractivity contribution in [3.63, 3.8) is 0 Å². The molecular formula is C20H14BO4. The van der Waals surface area contributed by atoms with Gasteiger partial charge in [-0.25, -0.2) is 0 Å². The summed E-state index contributed by atoms with van der Waals surface area (Å²) in [6, 6.07) is 14.6. The number of furan rings is 2. The monoisotopic (exact) mass is 329 g/mol. The van der Waals surface area contributed by atoms with Gasteiger partial charge in [0.1, 0.15) is 34.1 Å². The lowest BCUT2D eigenvalue weighted by atomic mass is 9.63. The maximum absolute atomic E-state index is 12.7. The van der Waals surface area contributed by atoms with Crippen LogP contribution in [0.25, 0.3) is 21.9 Å². The van der Waals surface area contributed by atoms with Crippen LogP contribution in [-0.2, 0) is 0 Å². The van der Waals surface area contributed by atoms with Crippen LogP contribution in [0.2, 0.25) is 0 Å². The Bertz CT molecular complexity index is 1040. The van der Waals surface area contributed by atoms with Crippen molar-refractivity contribution < 1.29 is 18.4 Å². The van der Waals surface area contributed by atoms with Gasteiger partial charge in [-0.3, -0.25) is 0 Å². The molecule has 0 aliphatic rings. The number of aryl methyl sites for hydroxylation is 2. The molecule has 4 rings (SSSR count). The van der Waals surface area contributed by atoms with Crippen molar-refractivity contribution in [2.24, 2.45) is 0 Å². The van der Waals surface area contributed by atoms with Crippen LogP contribution in [0.15, 0.2) is 57.4 Å². The first-order valence-corrected chi connectivity index (χ1v) is 7.96. The molecular weight excluding hydrogens is 315 g/mol. The quantitative estimate of drug-likeness (QED) is 0.518. The number of hydrogen-bond acceptors (Lipinski definition) is 4. The molecule has 2 heterocycles. The molecule has 0 unspecified atom stereocenters. The standard InChI is InChI=1S/C20H14BO4/c1-11-17(13-7-3-5-9-15(13)24-11)19(22)21-20(23)18-12(2)25-16-10-6-4-8-14(16)18/h3-10H,1-2H3. The third-order valence-electron chi connectivity index (χ3n) is 4.30. The van der Waals surface area contributed by atoms with E-state index in [9.17, 15) is 9.59 Å². The van der Waals surface area contributed by atoms with Gasteiger partial charge in [0.2, 0.25) is 0 Å². The fourth-order valence-corrected chi connectivity index (χ4v) is 3.21. The summed E-state index contributed by atoms with van der Waals surface area (Å²) in [4.78, 5) is 25.5. The van der Waals surface area contributed by atoms with E-state index in [1.165, 1.54) is 0 Å². The first-order chi connectivity index (χ1) is 12.1. The molecule has 0 atom stereocenters. The van der Waals surface area contributed by atoms with Gasteiger partial charge in [0.15, 0.2) is 0 Å². The SMILES string of the molecule is Cc1oc2ccccc2c1C(=O)[B]C(=O)c1c(C)oc2ccccc12. The average Bonchev–Trinajstić information content (AvgIpc) is 3.09. The van der Waals surface area contributed by atoms with Crippen molar-refractivity contribution in [1.29, 1.82) is 0 Å². The highest BCUT2D eigenvalue weighted by Crippen LogP contribution is 2.28. The van der Waals surface area contributed by atoms with E-state index in [1.807, 2.05) is 36.4 Å². The van der Waals surface area contributed by atoms with Crippen LogP contribution in [0, 0.1) is 13.8 Å². The number of hydrogen-bond donors (Lipinski definition) is 0. The summed E-state index contributed by atoms with van der Waals surface area (Å²) in [6.07, 6.45) is 0. The zero-order chi connectivity index (χ0) is 17.6. The Morgan fingerprint density at radius 2 is 1.12 bits per heavy atom. The van der Waals surface area contributed by atoms with Crippen LogP contribution < -0.4 is 0 Å². The Kier molecular flexibility index (Phi) is 3.57. The van der Waals surface area contributed by atoms with Gasteiger partial charge in [0.05, 0.1) is 11.1 Å². The summed E-state index contributed by atoms with van der Waals surface area (Å²) in [7, 11) is 1.12. The van der Waals surface area contributed by atoms with E-state index in [0.717, 1.165) is 7.28 Å². The molecule has 0 saturated heterocycles. The molecule has 2 aromatic heterocycles. The van der Waals surface area contributed by atoms with Crippen molar-refractivity contribution in [2.45, 2.75) is 13.8 Å². The number of rotatable bonds is 4. The lowest BCUT2D eigenvalue weighted by Gasteiger charge is -2.00. The Morgan fingerprint density at radius 3 is 1.56 bits per heavy atom. The first-order valence-electron chi connectivity index (χ1n) is 7.96. The van der Waals surface area contributed by atoms with Crippen LogP contribution >= 0.6 is 0 Å². The Hall–Kier alpha value is -3.08. The molecule has 1 radical (unpaired) electrons. The summed E-state index contributed by atoms with van der Waals surface area (Å²) in [5.41, 5.74) is 1.39. The highest BCUT2D eigenvalue weighted by molar-refractivity contribution is 7.01. The molecule has 0 fully saturated rings. The van der Waals surface area contributed by atoms with Gasteiger partial charge in [-0.2, -0.15) is 0 Å². The van der Waals surface area contributed by atoms with Crippen molar-refractivity contribution in [3.8, 4) is 0 Å². The van der Waals surface area contributed by atoms with E-state index in [1.54, 1.807) is 26.0 Å². The molecule has 0 aliphatic carbocycles. The lowest BCUT2D eigenvalue weighted by molar-refractivity contribution is 0.104. The molecule has 4 nitrogen and oxygen atoms in total. The molecule has 0 saturated carbocycles. The number of para-hydroxylation sites is 2. The summed E-state index contributed by atoms with van der Waals surface area (Å²) in [6.45, 7) is 3.45. The van der Waals surface area contributed by atoms with E-state index in [0.29, 0.717) is 44.6 Å². The molecule has 0 N–H and O–H groups in total. The first kappa shape index (κ1) is 15.5. The van der Waals surface area contributed by atoms with E-state index in [-0.39, 0.29) is 11.4 Å². The van der Waals surface area contributed by atoms with E-state index >= 15 is 0 Å². The minimum Gasteiger partial charge on any atom is -0.461 e. The lowest BCUT2D eigenvalue weighted by Crippen LogP contribution is -2.21. The molecule has 121 valence electrons. The summed E-state index contributed by atoms with van der Waals surface area (Å²) in [5.74, 6) is 1.01. The maximum atomic E-state index is 12.7. The third-order valence-corrected chi connectivity index (χ3v) is 4.30. The number of carbonyl (C=O) groups excluding carboxylic acids is 2.